The molecular weight excluding hydrogens is 318 g/mol. The largest absolute Gasteiger partial charge is 0.335 e. The van der Waals surface area contributed by atoms with Crippen LogP contribution in [0.1, 0.15) is 30.3 Å². The number of amides is 1. The zero-order valence-corrected chi connectivity index (χ0v) is 15.3. The van der Waals surface area contributed by atoms with Crippen molar-refractivity contribution in [2.24, 2.45) is 7.05 Å². The van der Waals surface area contributed by atoms with E-state index in [9.17, 15) is 9.18 Å². The number of alkyl halides is 1. The van der Waals surface area contributed by atoms with E-state index in [0.717, 1.165) is 37.1 Å². The number of carbonyl (C=O) groups excluding carboxylic acids is 1. The maximum Gasteiger partial charge on any atom is 0.273 e. The van der Waals surface area contributed by atoms with Crippen LogP contribution in [0.25, 0.3) is 0 Å². The molecule has 5 nitrogen and oxygen atoms in total. The molecule has 1 aliphatic heterocycles. The molecule has 1 aliphatic carbocycles. The van der Waals surface area contributed by atoms with Crippen LogP contribution in [-0.4, -0.2) is 71.7 Å². The Balaban J connectivity index is 1.49. The molecule has 2 aliphatic rings. The summed E-state index contributed by atoms with van der Waals surface area (Å²) in [5, 5.41) is 4.28. The van der Waals surface area contributed by atoms with E-state index in [2.05, 4.69) is 10.00 Å². The topological polar surface area (TPSA) is 41.4 Å². The van der Waals surface area contributed by atoms with E-state index < -0.39 is 5.67 Å². The molecule has 0 saturated carbocycles. The van der Waals surface area contributed by atoms with Gasteiger partial charge in [-0.25, -0.2) is 4.39 Å². The molecule has 1 fully saturated rings. The first-order valence-electron chi connectivity index (χ1n) is 8.93. The summed E-state index contributed by atoms with van der Waals surface area (Å²) in [6.07, 6.45) is 8.88. The Morgan fingerprint density at radius 3 is 2.68 bits per heavy atom. The molecule has 0 spiro atoms. The van der Waals surface area contributed by atoms with Gasteiger partial charge < -0.3 is 4.90 Å². The molecule has 0 N–H and O–H groups in total. The monoisotopic (exact) mass is 344 g/mol. The smallest absolute Gasteiger partial charge is 0.273 e. The summed E-state index contributed by atoms with van der Waals surface area (Å²) in [6.45, 7) is 5.65. The van der Waals surface area contributed by atoms with E-state index in [4.69, 9.17) is 0 Å². The fraction of sp³-hybridized carbons (Fsp3) is 0.556. The van der Waals surface area contributed by atoms with Gasteiger partial charge in [0.25, 0.3) is 5.91 Å². The van der Waals surface area contributed by atoms with Gasteiger partial charge in [0.05, 0.1) is 0 Å². The third-order valence-electron chi connectivity index (χ3n) is 4.93. The van der Waals surface area contributed by atoms with Gasteiger partial charge in [-0.05, 0) is 30.5 Å². The van der Waals surface area contributed by atoms with Gasteiger partial charge in [-0.1, -0.05) is 12.2 Å². The van der Waals surface area contributed by atoms with Crippen LogP contribution in [0.4, 0.5) is 4.39 Å². The average Bonchev–Trinajstić information content (AvgIpc) is 2.90. The van der Waals surface area contributed by atoms with Crippen LogP contribution in [0.15, 0.2) is 30.0 Å². The minimum atomic E-state index is -1.21. The second-order valence-electron chi connectivity index (χ2n) is 7.32. The van der Waals surface area contributed by atoms with Crippen LogP contribution >= 0.6 is 0 Å². The molecule has 0 bridgehead atoms. The predicted octanol–water partition coefficient (Wildman–Crippen LogP) is 0.441. The lowest BCUT2D eigenvalue weighted by molar-refractivity contribution is 0.0633. The van der Waals surface area contributed by atoms with Gasteiger partial charge in [0, 0.05) is 52.4 Å². The van der Waals surface area contributed by atoms with Crippen molar-refractivity contribution in [3.63, 3.8) is 0 Å². The Kier molecular flexibility index (Phi) is 5.13. The maximum absolute atomic E-state index is 14.0. The summed E-state index contributed by atoms with van der Waals surface area (Å²) in [5.74, 6) is 0.0175. The summed E-state index contributed by atoms with van der Waals surface area (Å²) in [7, 11) is 3.75. The minimum Gasteiger partial charge on any atom is -0.335 e. The molecule has 1 aromatic heterocycles. The lowest BCUT2D eigenvalue weighted by Crippen LogP contribution is -2.49. The predicted molar refractivity (Wildman–Crippen MR) is 99.7 cm³/mol. The normalized spacial score (nSPS) is 24.4. The third kappa shape index (κ3) is 4.40. The zero-order chi connectivity index (χ0) is 18.0. The highest BCUT2D eigenvalue weighted by molar-refractivity contribution is 6.36. The number of hydrogen-bond acceptors (Lipinski definition) is 3. The Labute approximate surface area is 149 Å². The molecule has 1 atom stereocenters. The molecule has 0 radical (unpaired) electrons. The molecule has 25 heavy (non-hydrogen) atoms. The van der Waals surface area contributed by atoms with Gasteiger partial charge in [0.1, 0.15) is 19.2 Å². The highest BCUT2D eigenvalue weighted by atomic mass is 19.1. The highest BCUT2D eigenvalue weighted by Crippen LogP contribution is 2.26. The number of piperazine rings is 1. The maximum atomic E-state index is 14.0. The van der Waals surface area contributed by atoms with E-state index >= 15 is 0 Å². The Morgan fingerprint density at radius 1 is 1.36 bits per heavy atom. The van der Waals surface area contributed by atoms with Gasteiger partial charge in [-0.3, -0.25) is 14.4 Å². The van der Waals surface area contributed by atoms with Crippen LogP contribution in [0.5, 0.6) is 0 Å². The first-order chi connectivity index (χ1) is 11.8. The fourth-order valence-corrected chi connectivity index (χ4v) is 3.52. The molecule has 1 saturated heterocycles. The van der Waals surface area contributed by atoms with E-state index in [1.165, 1.54) is 0 Å². The molecule has 1 unspecified atom stereocenters. The SMILES string of the molecule is Bc1cn(C)nc1C(=O)N1CCN(CCC2=CC(C)(F)CC=C2)CC1. The summed E-state index contributed by atoms with van der Waals surface area (Å²) >= 11 is 0. The first-order valence-corrected chi connectivity index (χ1v) is 8.93. The fourth-order valence-electron chi connectivity index (χ4n) is 3.52. The summed E-state index contributed by atoms with van der Waals surface area (Å²) in [5.41, 5.74) is 1.32. The van der Waals surface area contributed by atoms with Crippen LogP contribution < -0.4 is 5.46 Å². The number of nitrogens with zero attached hydrogens (tertiary/aromatic N) is 4. The lowest BCUT2D eigenvalue weighted by atomic mass is 9.93. The lowest BCUT2D eigenvalue weighted by Gasteiger charge is -2.34. The van der Waals surface area contributed by atoms with Crippen molar-refractivity contribution < 1.29 is 9.18 Å². The van der Waals surface area contributed by atoms with E-state index in [0.29, 0.717) is 25.2 Å². The quantitative estimate of drug-likeness (QED) is 0.745. The molecular formula is C18H26BFN4O. The summed E-state index contributed by atoms with van der Waals surface area (Å²) in [4.78, 5) is 16.8. The van der Waals surface area contributed by atoms with Crippen molar-refractivity contribution in [3.8, 4) is 0 Å². The number of allylic oxidation sites excluding steroid dienone is 3. The van der Waals surface area contributed by atoms with Crippen LogP contribution in [-0.2, 0) is 7.05 Å². The number of carbonyl (C=O) groups is 1. The van der Waals surface area contributed by atoms with Gasteiger partial charge >= 0.3 is 0 Å². The van der Waals surface area contributed by atoms with Gasteiger partial charge in [-0.2, -0.15) is 5.10 Å². The molecule has 134 valence electrons. The van der Waals surface area contributed by atoms with Crippen molar-refractivity contribution in [2.45, 2.75) is 25.4 Å². The van der Waals surface area contributed by atoms with Crippen LogP contribution in [0, 0.1) is 0 Å². The number of aromatic nitrogens is 2. The Morgan fingerprint density at radius 2 is 2.08 bits per heavy atom. The van der Waals surface area contributed by atoms with Crippen LogP contribution in [0.3, 0.4) is 0 Å². The minimum absolute atomic E-state index is 0.0175. The third-order valence-corrected chi connectivity index (χ3v) is 4.93. The van der Waals surface area contributed by atoms with E-state index in [-0.39, 0.29) is 5.91 Å². The standard InChI is InChI=1S/C18H26BFN4O/c1-18(20)6-3-4-14(12-18)5-7-23-8-10-24(11-9-23)17(25)16-15(19)13-22(2)21-16/h3-4,12-13H,5-11,19H2,1-2H3. The molecule has 3 rings (SSSR count). The number of halogens is 1. The Bertz CT molecular complexity index is 702. The molecule has 1 amide bonds. The second kappa shape index (κ2) is 7.16. The highest BCUT2D eigenvalue weighted by Gasteiger charge is 2.25. The van der Waals surface area contributed by atoms with Gasteiger partial charge in [0.2, 0.25) is 0 Å². The summed E-state index contributed by atoms with van der Waals surface area (Å²) < 4.78 is 15.7. The molecule has 1 aromatic rings. The number of rotatable bonds is 4. The molecule has 7 heteroatoms. The summed E-state index contributed by atoms with van der Waals surface area (Å²) in [6, 6.07) is 0. The van der Waals surface area contributed by atoms with Crippen molar-refractivity contribution in [3.05, 3.63) is 35.7 Å². The van der Waals surface area contributed by atoms with E-state index in [1.54, 1.807) is 17.7 Å². The number of aryl methyl sites for hydroxylation is 1. The van der Waals surface area contributed by atoms with Crippen LogP contribution in [0.2, 0.25) is 0 Å². The van der Waals surface area contributed by atoms with Crippen molar-refractivity contribution in [1.29, 1.82) is 0 Å². The number of hydrogen-bond donors (Lipinski definition) is 0. The average molecular weight is 344 g/mol. The zero-order valence-electron chi connectivity index (χ0n) is 15.3. The molecule has 2 heterocycles. The van der Waals surface area contributed by atoms with Gasteiger partial charge in [-0.15, -0.1) is 0 Å². The van der Waals surface area contributed by atoms with Crippen molar-refractivity contribution in [2.75, 3.05) is 32.7 Å². The van der Waals surface area contributed by atoms with Crippen molar-refractivity contribution in [1.82, 2.24) is 19.6 Å². The first kappa shape index (κ1) is 17.9. The van der Waals surface area contributed by atoms with Gasteiger partial charge in [0.15, 0.2) is 0 Å². The second-order valence-corrected chi connectivity index (χ2v) is 7.32. The van der Waals surface area contributed by atoms with E-state index in [1.807, 2.05) is 38.1 Å². The Hall–Kier alpha value is -1.89. The van der Waals surface area contributed by atoms with Crippen molar-refractivity contribution >= 4 is 19.2 Å². The molecule has 0 aromatic carbocycles.